The van der Waals surface area contributed by atoms with Crippen molar-refractivity contribution in [3.05, 3.63) is 64.7 Å². The molecule has 0 aliphatic rings. The number of Topliss-reactive ketones (excluding diaryl/α,β-unsaturated/α-hetero) is 1. The van der Waals surface area contributed by atoms with E-state index in [1.165, 1.54) is 7.11 Å². The molecule has 0 fully saturated rings. The van der Waals surface area contributed by atoms with Crippen LogP contribution in [0.4, 0.5) is 0 Å². The quantitative estimate of drug-likeness (QED) is 0.782. The third-order valence-corrected chi connectivity index (χ3v) is 2.99. The molecule has 2 nitrogen and oxygen atoms in total. The minimum Gasteiger partial charge on any atom is -0.495 e. The van der Waals surface area contributed by atoms with Crippen molar-refractivity contribution in [2.45, 2.75) is 6.42 Å². The normalized spacial score (nSPS) is 10.1. The molecule has 2 aromatic rings. The van der Waals surface area contributed by atoms with E-state index in [4.69, 9.17) is 16.3 Å². The highest BCUT2D eigenvalue weighted by Gasteiger charge is 2.10. The molecule has 0 amide bonds. The number of rotatable bonds is 4. The molecule has 0 saturated heterocycles. The second-order valence-electron chi connectivity index (χ2n) is 3.93. The first-order valence-corrected chi connectivity index (χ1v) is 5.99. The van der Waals surface area contributed by atoms with Gasteiger partial charge in [-0.15, -0.1) is 0 Å². The number of carbonyl (C=O) groups is 1. The fourth-order valence-electron chi connectivity index (χ4n) is 1.72. The van der Waals surface area contributed by atoms with Crippen LogP contribution in [0.2, 0.25) is 5.02 Å². The highest BCUT2D eigenvalue weighted by atomic mass is 35.5. The number of methoxy groups -OCH3 is 1. The van der Waals surface area contributed by atoms with Crippen LogP contribution in [-0.4, -0.2) is 12.9 Å². The molecule has 2 aromatic carbocycles. The molecule has 2 rings (SSSR count). The lowest BCUT2D eigenvalue weighted by molar-refractivity contribution is 0.0992. The van der Waals surface area contributed by atoms with Gasteiger partial charge in [0.05, 0.1) is 12.1 Å². The minimum atomic E-state index is 0.0520. The van der Waals surface area contributed by atoms with Gasteiger partial charge in [-0.1, -0.05) is 41.9 Å². The van der Waals surface area contributed by atoms with E-state index in [1.807, 2.05) is 30.3 Å². The summed E-state index contributed by atoms with van der Waals surface area (Å²) >= 11 is 5.92. The second-order valence-corrected chi connectivity index (χ2v) is 4.34. The maximum atomic E-state index is 12.1. The van der Waals surface area contributed by atoms with Gasteiger partial charge in [0.2, 0.25) is 0 Å². The Balaban J connectivity index is 2.19. The van der Waals surface area contributed by atoms with Crippen molar-refractivity contribution in [3.63, 3.8) is 0 Å². The maximum absolute atomic E-state index is 12.1. The third kappa shape index (κ3) is 2.90. The van der Waals surface area contributed by atoms with Crippen LogP contribution in [0.5, 0.6) is 5.75 Å². The Bertz CT molecular complexity index is 550. The van der Waals surface area contributed by atoms with Crippen LogP contribution < -0.4 is 4.74 Å². The average Bonchev–Trinajstić information content (AvgIpc) is 2.40. The number of ketones is 1. The predicted molar refractivity (Wildman–Crippen MR) is 72.5 cm³/mol. The number of hydrogen-bond acceptors (Lipinski definition) is 2. The monoisotopic (exact) mass is 260 g/mol. The Hall–Kier alpha value is -1.80. The van der Waals surface area contributed by atoms with Gasteiger partial charge in [0.15, 0.2) is 5.78 Å². The molecule has 0 bridgehead atoms. The van der Waals surface area contributed by atoms with Crippen molar-refractivity contribution in [2.75, 3.05) is 7.11 Å². The first-order valence-electron chi connectivity index (χ1n) is 5.61. The van der Waals surface area contributed by atoms with Gasteiger partial charge < -0.3 is 4.74 Å². The molecule has 0 N–H and O–H groups in total. The van der Waals surface area contributed by atoms with E-state index in [9.17, 15) is 4.79 Å². The summed E-state index contributed by atoms with van der Waals surface area (Å²) in [6.45, 7) is 0. The number of hydrogen-bond donors (Lipinski definition) is 0. The molecule has 0 aliphatic heterocycles. The molecule has 92 valence electrons. The molecule has 0 saturated carbocycles. The first-order chi connectivity index (χ1) is 8.70. The van der Waals surface area contributed by atoms with E-state index >= 15 is 0 Å². The lowest BCUT2D eigenvalue weighted by atomic mass is 10.0. The van der Waals surface area contributed by atoms with Gasteiger partial charge in [-0.25, -0.2) is 0 Å². The third-order valence-electron chi connectivity index (χ3n) is 2.68. The molecule has 0 aromatic heterocycles. The zero-order valence-corrected chi connectivity index (χ0v) is 10.8. The lowest BCUT2D eigenvalue weighted by Crippen LogP contribution is -2.03. The minimum absolute atomic E-state index is 0.0520. The Kier molecular flexibility index (Phi) is 4.00. The van der Waals surface area contributed by atoms with Gasteiger partial charge in [-0.2, -0.15) is 0 Å². The Morgan fingerprint density at radius 1 is 1.17 bits per heavy atom. The van der Waals surface area contributed by atoms with E-state index in [1.54, 1.807) is 18.2 Å². The van der Waals surface area contributed by atoms with Gasteiger partial charge in [0.25, 0.3) is 0 Å². The summed E-state index contributed by atoms with van der Waals surface area (Å²) in [5.74, 6) is 0.576. The molecular weight excluding hydrogens is 248 g/mol. The molecule has 0 unspecified atom stereocenters. The fraction of sp³-hybridized carbons (Fsp3) is 0.133. The number of carbonyl (C=O) groups excluding carboxylic acids is 1. The zero-order chi connectivity index (χ0) is 13.0. The van der Waals surface area contributed by atoms with Crippen LogP contribution in [-0.2, 0) is 6.42 Å². The zero-order valence-electron chi connectivity index (χ0n) is 10.0. The largest absolute Gasteiger partial charge is 0.495 e. The van der Waals surface area contributed by atoms with Crippen LogP contribution in [0.1, 0.15) is 15.9 Å². The van der Waals surface area contributed by atoms with Crippen LogP contribution in [0.15, 0.2) is 48.5 Å². The summed E-state index contributed by atoms with van der Waals surface area (Å²) in [5.41, 5.74) is 1.61. The molecule has 0 radical (unpaired) electrons. The Morgan fingerprint density at radius 3 is 2.56 bits per heavy atom. The molecule has 0 spiro atoms. The van der Waals surface area contributed by atoms with Gasteiger partial charge in [-0.05, 0) is 23.8 Å². The fourth-order valence-corrected chi connectivity index (χ4v) is 1.91. The van der Waals surface area contributed by atoms with Crippen LogP contribution in [0, 0.1) is 0 Å². The van der Waals surface area contributed by atoms with E-state index < -0.39 is 0 Å². The number of benzene rings is 2. The molecule has 0 atom stereocenters. The van der Waals surface area contributed by atoms with E-state index in [-0.39, 0.29) is 5.78 Å². The van der Waals surface area contributed by atoms with Gasteiger partial charge in [0.1, 0.15) is 5.75 Å². The van der Waals surface area contributed by atoms with Crippen molar-refractivity contribution >= 4 is 17.4 Å². The van der Waals surface area contributed by atoms with E-state index in [0.717, 1.165) is 5.56 Å². The van der Waals surface area contributed by atoms with Crippen molar-refractivity contribution < 1.29 is 9.53 Å². The van der Waals surface area contributed by atoms with Crippen molar-refractivity contribution in [1.29, 1.82) is 0 Å². The van der Waals surface area contributed by atoms with Crippen molar-refractivity contribution in [2.24, 2.45) is 0 Å². The second kappa shape index (κ2) is 5.69. The van der Waals surface area contributed by atoms with E-state index in [0.29, 0.717) is 22.8 Å². The van der Waals surface area contributed by atoms with Gasteiger partial charge >= 0.3 is 0 Å². The summed E-state index contributed by atoms with van der Waals surface area (Å²) in [6, 6.07) is 14.7. The summed E-state index contributed by atoms with van der Waals surface area (Å²) < 4.78 is 5.10. The SMILES string of the molecule is COc1cc(C(=O)Cc2ccccc2)ccc1Cl. The highest BCUT2D eigenvalue weighted by molar-refractivity contribution is 6.32. The standard InChI is InChI=1S/C15H13ClO2/c1-18-15-10-12(7-8-13(15)16)14(17)9-11-5-3-2-4-6-11/h2-8,10H,9H2,1H3. The summed E-state index contributed by atoms with van der Waals surface area (Å²) in [5, 5.41) is 0.508. The molecule has 0 aliphatic carbocycles. The van der Waals surface area contributed by atoms with Crippen LogP contribution in [0.3, 0.4) is 0 Å². The van der Waals surface area contributed by atoms with Gasteiger partial charge in [-0.3, -0.25) is 4.79 Å². The smallest absolute Gasteiger partial charge is 0.167 e. The maximum Gasteiger partial charge on any atom is 0.167 e. The Labute approximate surface area is 111 Å². The summed E-state index contributed by atoms with van der Waals surface area (Å²) in [6.07, 6.45) is 0.381. The van der Waals surface area contributed by atoms with Crippen LogP contribution >= 0.6 is 11.6 Å². The molecule has 3 heteroatoms. The van der Waals surface area contributed by atoms with Crippen LogP contribution in [0.25, 0.3) is 0 Å². The summed E-state index contributed by atoms with van der Waals surface area (Å²) in [7, 11) is 1.53. The van der Waals surface area contributed by atoms with Gasteiger partial charge in [0, 0.05) is 12.0 Å². The number of halogens is 1. The molecule has 18 heavy (non-hydrogen) atoms. The summed E-state index contributed by atoms with van der Waals surface area (Å²) in [4.78, 5) is 12.1. The highest BCUT2D eigenvalue weighted by Crippen LogP contribution is 2.25. The lowest BCUT2D eigenvalue weighted by Gasteiger charge is -2.06. The first kappa shape index (κ1) is 12.7. The predicted octanol–water partition coefficient (Wildman–Crippen LogP) is 3.77. The molecule has 0 heterocycles. The Morgan fingerprint density at radius 2 is 1.89 bits per heavy atom. The topological polar surface area (TPSA) is 26.3 Å². The number of ether oxygens (including phenoxy) is 1. The van der Waals surface area contributed by atoms with E-state index in [2.05, 4.69) is 0 Å². The van der Waals surface area contributed by atoms with Crippen molar-refractivity contribution in [3.8, 4) is 5.75 Å². The molecular formula is C15H13ClO2. The average molecular weight is 261 g/mol. The van der Waals surface area contributed by atoms with Crippen molar-refractivity contribution in [1.82, 2.24) is 0 Å².